The average molecular weight is 317 g/mol. The number of hydrogen-bond acceptors (Lipinski definition) is 3. The van der Waals surface area contributed by atoms with Crippen LogP contribution in [-0.2, 0) is 10.0 Å². The summed E-state index contributed by atoms with van der Waals surface area (Å²) >= 11 is 5.76. The summed E-state index contributed by atoms with van der Waals surface area (Å²) in [7, 11) is -3.21. The smallest absolute Gasteiger partial charge is 0.251 e. The topological polar surface area (TPSA) is 66.5 Å². The van der Waals surface area contributed by atoms with Crippen LogP contribution in [0.1, 0.15) is 23.2 Å². The van der Waals surface area contributed by atoms with Crippen LogP contribution in [0.5, 0.6) is 0 Å². The number of hydrogen-bond donors (Lipinski definition) is 1. The van der Waals surface area contributed by atoms with Crippen molar-refractivity contribution in [2.45, 2.75) is 18.9 Å². The molecule has 5 nitrogen and oxygen atoms in total. The summed E-state index contributed by atoms with van der Waals surface area (Å²) < 4.78 is 24.6. The Morgan fingerprint density at radius 3 is 2.65 bits per heavy atom. The first-order valence-corrected chi connectivity index (χ1v) is 8.61. The first-order chi connectivity index (χ1) is 9.38. The molecule has 1 aliphatic rings. The van der Waals surface area contributed by atoms with E-state index in [-0.39, 0.29) is 11.9 Å². The van der Waals surface area contributed by atoms with Gasteiger partial charge in [-0.15, -0.1) is 0 Å². The van der Waals surface area contributed by atoms with Crippen molar-refractivity contribution in [2.24, 2.45) is 0 Å². The van der Waals surface area contributed by atoms with Gasteiger partial charge < -0.3 is 5.32 Å². The largest absolute Gasteiger partial charge is 0.350 e. The first-order valence-electron chi connectivity index (χ1n) is 6.38. The number of nitrogens with one attached hydrogen (secondary N) is 1. The number of nitrogens with zero attached hydrogens (tertiary/aromatic N) is 1. The predicted octanol–water partition coefficient (Wildman–Crippen LogP) is 1.49. The molecule has 110 valence electrons. The van der Waals surface area contributed by atoms with Crippen LogP contribution in [0.15, 0.2) is 24.3 Å². The molecule has 1 fully saturated rings. The highest BCUT2D eigenvalue weighted by Gasteiger charge is 2.31. The molecule has 2 rings (SSSR count). The van der Waals surface area contributed by atoms with Gasteiger partial charge in [-0.1, -0.05) is 11.6 Å². The molecule has 1 N–H and O–H groups in total. The Balaban J connectivity index is 1.95. The predicted molar refractivity (Wildman–Crippen MR) is 78.4 cm³/mol. The lowest BCUT2D eigenvalue weighted by atomic mass is 10.2. The fourth-order valence-corrected chi connectivity index (χ4v) is 3.67. The van der Waals surface area contributed by atoms with Crippen molar-refractivity contribution in [3.63, 3.8) is 0 Å². The minimum absolute atomic E-state index is 0.152. The molecular weight excluding hydrogens is 300 g/mol. The van der Waals surface area contributed by atoms with Gasteiger partial charge in [-0.2, -0.15) is 4.31 Å². The molecule has 7 heteroatoms. The monoisotopic (exact) mass is 316 g/mol. The highest BCUT2D eigenvalue weighted by atomic mass is 35.5. The molecule has 20 heavy (non-hydrogen) atoms. The van der Waals surface area contributed by atoms with Crippen LogP contribution in [0.4, 0.5) is 0 Å². The lowest BCUT2D eigenvalue weighted by Gasteiger charge is -2.22. The van der Waals surface area contributed by atoms with E-state index < -0.39 is 10.0 Å². The van der Waals surface area contributed by atoms with E-state index in [1.54, 1.807) is 24.3 Å². The third-order valence-electron chi connectivity index (χ3n) is 3.35. The maximum atomic E-state index is 11.9. The van der Waals surface area contributed by atoms with Gasteiger partial charge in [0.2, 0.25) is 10.0 Å². The quantitative estimate of drug-likeness (QED) is 0.915. The van der Waals surface area contributed by atoms with Crippen LogP contribution >= 0.6 is 11.6 Å². The Hall–Kier alpha value is -1.11. The fourth-order valence-electron chi connectivity index (χ4n) is 2.36. The number of rotatable bonds is 4. The molecule has 1 unspecified atom stereocenters. The van der Waals surface area contributed by atoms with E-state index in [0.29, 0.717) is 23.7 Å². The number of sulfonamides is 1. The van der Waals surface area contributed by atoms with Crippen LogP contribution < -0.4 is 5.32 Å². The van der Waals surface area contributed by atoms with Crippen molar-refractivity contribution < 1.29 is 13.2 Å². The normalized spacial score (nSPS) is 20.0. The molecule has 0 saturated carbocycles. The van der Waals surface area contributed by atoms with Crippen LogP contribution in [-0.4, -0.2) is 44.0 Å². The molecule has 0 aliphatic carbocycles. The second-order valence-corrected chi connectivity index (χ2v) is 7.26. The SMILES string of the molecule is CS(=O)(=O)N1CCCC1CNC(=O)c1ccc(Cl)cc1. The van der Waals surface area contributed by atoms with Crippen LogP contribution in [0.3, 0.4) is 0 Å². The molecule has 1 aliphatic heterocycles. The summed E-state index contributed by atoms with van der Waals surface area (Å²) in [6.07, 6.45) is 2.80. The molecule has 1 aromatic carbocycles. The number of amides is 1. The minimum Gasteiger partial charge on any atom is -0.350 e. The van der Waals surface area contributed by atoms with Crippen molar-refractivity contribution in [1.29, 1.82) is 0 Å². The van der Waals surface area contributed by atoms with Gasteiger partial charge in [0, 0.05) is 29.7 Å². The Morgan fingerprint density at radius 1 is 1.40 bits per heavy atom. The van der Waals surface area contributed by atoms with E-state index in [0.717, 1.165) is 12.8 Å². The highest BCUT2D eigenvalue weighted by Crippen LogP contribution is 2.19. The molecule has 1 saturated heterocycles. The average Bonchev–Trinajstić information content (AvgIpc) is 2.85. The molecule has 0 radical (unpaired) electrons. The van der Waals surface area contributed by atoms with E-state index >= 15 is 0 Å². The summed E-state index contributed by atoms with van der Waals surface area (Å²) in [6.45, 7) is 0.856. The Labute approximate surface area is 124 Å². The van der Waals surface area contributed by atoms with Crippen LogP contribution in [0.25, 0.3) is 0 Å². The molecule has 1 atom stereocenters. The summed E-state index contributed by atoms with van der Waals surface area (Å²) in [5.41, 5.74) is 0.512. The molecule has 0 bridgehead atoms. The standard InChI is InChI=1S/C13H17ClN2O3S/c1-20(18,19)16-8-2-3-12(16)9-15-13(17)10-4-6-11(14)7-5-10/h4-7,12H,2-3,8-9H2,1H3,(H,15,17). The Kier molecular flexibility index (Phi) is 4.67. The minimum atomic E-state index is -3.21. The molecule has 1 heterocycles. The molecular formula is C13H17ClN2O3S. The van der Waals surface area contributed by atoms with Gasteiger partial charge in [0.1, 0.15) is 0 Å². The van der Waals surface area contributed by atoms with E-state index in [1.165, 1.54) is 10.6 Å². The molecule has 0 spiro atoms. The van der Waals surface area contributed by atoms with E-state index in [9.17, 15) is 13.2 Å². The van der Waals surface area contributed by atoms with Gasteiger partial charge >= 0.3 is 0 Å². The summed E-state index contributed by atoms with van der Waals surface area (Å²) in [5.74, 6) is -0.220. The van der Waals surface area contributed by atoms with Crippen molar-refractivity contribution >= 4 is 27.5 Å². The molecule has 1 aromatic rings. The third-order valence-corrected chi connectivity index (χ3v) is 4.94. The van der Waals surface area contributed by atoms with Gasteiger partial charge in [-0.05, 0) is 37.1 Å². The number of halogens is 1. The Bertz CT molecular complexity index is 586. The number of benzene rings is 1. The zero-order valence-corrected chi connectivity index (χ0v) is 12.7. The number of carbonyl (C=O) groups excluding carboxylic acids is 1. The number of carbonyl (C=O) groups is 1. The zero-order valence-electron chi connectivity index (χ0n) is 11.2. The maximum Gasteiger partial charge on any atom is 0.251 e. The van der Waals surface area contributed by atoms with Gasteiger partial charge in [-0.3, -0.25) is 4.79 Å². The first kappa shape index (κ1) is 15.3. The highest BCUT2D eigenvalue weighted by molar-refractivity contribution is 7.88. The van der Waals surface area contributed by atoms with E-state index in [2.05, 4.69) is 5.32 Å². The van der Waals surface area contributed by atoms with Crippen LogP contribution in [0.2, 0.25) is 5.02 Å². The van der Waals surface area contributed by atoms with E-state index in [1.807, 2.05) is 0 Å². The fraction of sp³-hybridized carbons (Fsp3) is 0.462. The lowest BCUT2D eigenvalue weighted by molar-refractivity contribution is 0.0946. The summed E-state index contributed by atoms with van der Waals surface area (Å²) in [4.78, 5) is 11.9. The second-order valence-electron chi connectivity index (χ2n) is 4.89. The van der Waals surface area contributed by atoms with Gasteiger partial charge in [0.05, 0.1) is 6.26 Å². The van der Waals surface area contributed by atoms with Crippen molar-refractivity contribution in [3.8, 4) is 0 Å². The lowest BCUT2D eigenvalue weighted by Crippen LogP contribution is -2.42. The summed E-state index contributed by atoms with van der Waals surface area (Å²) in [5, 5.41) is 3.34. The summed E-state index contributed by atoms with van der Waals surface area (Å²) in [6, 6.07) is 6.42. The van der Waals surface area contributed by atoms with Crippen LogP contribution in [0, 0.1) is 0 Å². The van der Waals surface area contributed by atoms with Crippen molar-refractivity contribution in [3.05, 3.63) is 34.9 Å². The molecule has 1 amide bonds. The van der Waals surface area contributed by atoms with E-state index in [4.69, 9.17) is 11.6 Å². The Morgan fingerprint density at radius 2 is 2.05 bits per heavy atom. The van der Waals surface area contributed by atoms with Crippen molar-refractivity contribution in [2.75, 3.05) is 19.3 Å². The van der Waals surface area contributed by atoms with Gasteiger partial charge in [-0.25, -0.2) is 8.42 Å². The van der Waals surface area contributed by atoms with Gasteiger partial charge in [0.25, 0.3) is 5.91 Å². The third kappa shape index (κ3) is 3.71. The van der Waals surface area contributed by atoms with Crippen molar-refractivity contribution in [1.82, 2.24) is 9.62 Å². The van der Waals surface area contributed by atoms with Gasteiger partial charge in [0.15, 0.2) is 0 Å². The molecule has 0 aromatic heterocycles. The maximum absolute atomic E-state index is 11.9. The zero-order chi connectivity index (χ0) is 14.8. The second kappa shape index (κ2) is 6.11.